The van der Waals surface area contributed by atoms with E-state index in [1.54, 1.807) is 19.1 Å². The zero-order valence-corrected chi connectivity index (χ0v) is 24.7. The van der Waals surface area contributed by atoms with Crippen molar-refractivity contribution in [3.05, 3.63) is 49.9 Å². The monoisotopic (exact) mass is 608 g/mol. The number of aromatic amines is 2. The standard InChI is InChI=1S/C27H34Cl2N6O6/c1-5-12(3)19(32-25(38)39)22(36)33-27(24(37)31-20(13(4)6-2)23-34-35-26(40)41-23)8-7-18-16(11-27)15-9-14(28)10-17(29)21(15)30-18/h9-10,12-13,19-20,30,32H,5-8,11H2,1-4H3,(H,31,37)(H,33,36)(H,35,40)(H,38,39)/t12?,13?,19-,20-,27+/m0/s1. The highest BCUT2D eigenvalue weighted by Gasteiger charge is 2.47. The van der Waals surface area contributed by atoms with Gasteiger partial charge >= 0.3 is 11.8 Å². The highest BCUT2D eigenvalue weighted by atomic mass is 35.5. The number of hydrogen-bond acceptors (Lipinski definition) is 6. The molecule has 3 aromatic rings. The van der Waals surface area contributed by atoms with Crippen LogP contribution in [-0.2, 0) is 22.4 Å². The van der Waals surface area contributed by atoms with Gasteiger partial charge in [-0.15, -0.1) is 5.10 Å². The Bertz CT molecular complexity index is 1520. The minimum Gasteiger partial charge on any atom is -0.465 e. The average Bonchev–Trinajstić information content (AvgIpc) is 3.52. The lowest BCUT2D eigenvalue weighted by atomic mass is 9.78. The second kappa shape index (κ2) is 12.2. The molecule has 0 bridgehead atoms. The van der Waals surface area contributed by atoms with Gasteiger partial charge in [-0.25, -0.2) is 14.7 Å². The molecule has 1 aliphatic carbocycles. The fraction of sp³-hybridized carbons (Fsp3) is 0.519. The summed E-state index contributed by atoms with van der Waals surface area (Å²) in [5, 5.41) is 25.3. The van der Waals surface area contributed by atoms with Gasteiger partial charge in [0.05, 0.1) is 10.5 Å². The van der Waals surface area contributed by atoms with E-state index in [1.807, 2.05) is 20.8 Å². The van der Waals surface area contributed by atoms with Crippen molar-refractivity contribution < 1.29 is 23.9 Å². The second-order valence-corrected chi connectivity index (χ2v) is 11.6. The van der Waals surface area contributed by atoms with Crippen molar-refractivity contribution in [2.24, 2.45) is 11.8 Å². The number of benzene rings is 1. The van der Waals surface area contributed by atoms with Crippen LogP contribution < -0.4 is 21.7 Å². The largest absolute Gasteiger partial charge is 0.465 e. The Balaban J connectivity index is 1.78. The van der Waals surface area contributed by atoms with Gasteiger partial charge in [0.15, 0.2) is 0 Å². The molecule has 0 fully saturated rings. The lowest BCUT2D eigenvalue weighted by Crippen LogP contribution is -2.65. The minimum absolute atomic E-state index is 0.0198. The number of carbonyl (C=O) groups excluding carboxylic acids is 2. The van der Waals surface area contributed by atoms with Gasteiger partial charge in [0, 0.05) is 22.5 Å². The van der Waals surface area contributed by atoms with Crippen LogP contribution in [0.5, 0.6) is 0 Å². The van der Waals surface area contributed by atoms with Crippen LogP contribution in [0.15, 0.2) is 21.3 Å². The van der Waals surface area contributed by atoms with Crippen molar-refractivity contribution in [2.75, 3.05) is 0 Å². The number of amides is 3. The summed E-state index contributed by atoms with van der Waals surface area (Å²) in [5.74, 6) is -2.40. The normalized spacial score (nSPS) is 19.6. The summed E-state index contributed by atoms with van der Waals surface area (Å²) >= 11 is 12.8. The van der Waals surface area contributed by atoms with Gasteiger partial charge in [-0.3, -0.25) is 9.59 Å². The first kappa shape index (κ1) is 30.4. The van der Waals surface area contributed by atoms with Crippen molar-refractivity contribution in [1.82, 2.24) is 31.1 Å². The van der Waals surface area contributed by atoms with Gasteiger partial charge in [-0.05, 0) is 42.4 Å². The third-order valence-corrected chi connectivity index (χ3v) is 8.61. The van der Waals surface area contributed by atoms with E-state index in [0.717, 1.165) is 16.6 Å². The van der Waals surface area contributed by atoms with Crippen LogP contribution in [0.3, 0.4) is 0 Å². The number of rotatable bonds is 10. The molecule has 2 heterocycles. The lowest BCUT2D eigenvalue weighted by molar-refractivity contribution is -0.136. The second-order valence-electron chi connectivity index (χ2n) is 10.7. The number of nitrogens with one attached hydrogen (secondary N) is 5. The Morgan fingerprint density at radius 3 is 2.46 bits per heavy atom. The van der Waals surface area contributed by atoms with E-state index in [2.05, 4.69) is 31.1 Å². The number of carbonyl (C=O) groups is 3. The van der Waals surface area contributed by atoms with E-state index < -0.39 is 41.3 Å². The molecule has 6 N–H and O–H groups in total. The maximum absolute atomic E-state index is 14.3. The topological polar surface area (TPSA) is 182 Å². The van der Waals surface area contributed by atoms with Gasteiger partial charge < -0.3 is 30.5 Å². The summed E-state index contributed by atoms with van der Waals surface area (Å²) in [5.41, 5.74) is 0.816. The van der Waals surface area contributed by atoms with Crippen molar-refractivity contribution in [3.8, 4) is 0 Å². The molecule has 222 valence electrons. The van der Waals surface area contributed by atoms with E-state index in [-0.39, 0.29) is 30.6 Å². The minimum atomic E-state index is -1.48. The fourth-order valence-electron chi connectivity index (χ4n) is 5.31. The number of nitrogens with zero attached hydrogens (tertiary/aromatic N) is 1. The Labute approximate surface area is 245 Å². The van der Waals surface area contributed by atoms with Crippen molar-refractivity contribution >= 4 is 52.0 Å². The Hall–Kier alpha value is -3.51. The van der Waals surface area contributed by atoms with Gasteiger partial charge in [0.1, 0.15) is 17.6 Å². The van der Waals surface area contributed by atoms with Crippen LogP contribution in [0.2, 0.25) is 10.0 Å². The molecule has 0 spiro atoms. The average molecular weight is 610 g/mol. The summed E-state index contributed by atoms with van der Waals surface area (Å²) in [7, 11) is 0. The number of halogens is 2. The first-order chi connectivity index (χ1) is 19.4. The molecule has 1 aliphatic rings. The van der Waals surface area contributed by atoms with Crippen LogP contribution in [0.4, 0.5) is 4.79 Å². The van der Waals surface area contributed by atoms with E-state index in [4.69, 9.17) is 27.6 Å². The molecule has 2 aromatic heterocycles. The molecule has 1 aromatic carbocycles. The molecule has 0 saturated heterocycles. The van der Waals surface area contributed by atoms with E-state index in [9.17, 15) is 24.3 Å². The molecule has 2 unspecified atom stereocenters. The molecular weight excluding hydrogens is 575 g/mol. The molecule has 14 heteroatoms. The Morgan fingerprint density at radius 2 is 1.85 bits per heavy atom. The Kier molecular flexibility index (Phi) is 9.03. The zero-order valence-electron chi connectivity index (χ0n) is 23.2. The van der Waals surface area contributed by atoms with Crippen LogP contribution in [0, 0.1) is 11.8 Å². The number of aromatic nitrogens is 3. The third kappa shape index (κ3) is 6.23. The van der Waals surface area contributed by atoms with Gasteiger partial charge in [0.25, 0.3) is 0 Å². The van der Waals surface area contributed by atoms with Crippen LogP contribution >= 0.6 is 23.2 Å². The van der Waals surface area contributed by atoms with E-state index >= 15 is 0 Å². The molecule has 4 rings (SSSR count). The molecule has 41 heavy (non-hydrogen) atoms. The quantitative estimate of drug-likeness (QED) is 0.200. The smallest absolute Gasteiger partial charge is 0.434 e. The van der Waals surface area contributed by atoms with Gasteiger partial charge in [0.2, 0.25) is 17.7 Å². The molecule has 0 aliphatic heterocycles. The number of carboxylic acid groups (broad SMARTS) is 1. The third-order valence-electron chi connectivity index (χ3n) is 8.09. The van der Waals surface area contributed by atoms with E-state index in [0.29, 0.717) is 34.8 Å². The highest BCUT2D eigenvalue weighted by molar-refractivity contribution is 6.38. The predicted molar refractivity (Wildman–Crippen MR) is 153 cm³/mol. The lowest BCUT2D eigenvalue weighted by Gasteiger charge is -2.39. The molecular formula is C27H34Cl2N6O6. The number of aryl methyl sites for hydroxylation is 1. The van der Waals surface area contributed by atoms with Crippen LogP contribution in [0.25, 0.3) is 10.9 Å². The van der Waals surface area contributed by atoms with Crippen molar-refractivity contribution in [3.63, 3.8) is 0 Å². The van der Waals surface area contributed by atoms with Crippen LogP contribution in [-0.4, -0.2) is 49.8 Å². The van der Waals surface area contributed by atoms with Gasteiger partial charge in [-0.2, -0.15) is 0 Å². The maximum Gasteiger partial charge on any atom is 0.434 e. The number of H-pyrrole nitrogens is 2. The maximum atomic E-state index is 14.3. The van der Waals surface area contributed by atoms with Gasteiger partial charge in [-0.1, -0.05) is 63.7 Å². The van der Waals surface area contributed by atoms with Crippen LogP contribution in [0.1, 0.15) is 70.1 Å². The van der Waals surface area contributed by atoms with E-state index in [1.165, 1.54) is 0 Å². The molecule has 3 amide bonds. The zero-order chi connectivity index (χ0) is 30.1. The summed E-state index contributed by atoms with van der Waals surface area (Å²) in [4.78, 5) is 54.5. The fourth-order valence-corrected chi connectivity index (χ4v) is 5.85. The number of hydrogen-bond donors (Lipinski definition) is 6. The molecule has 0 radical (unpaired) electrons. The Morgan fingerprint density at radius 1 is 1.15 bits per heavy atom. The first-order valence-electron chi connectivity index (χ1n) is 13.5. The molecule has 0 saturated carbocycles. The van der Waals surface area contributed by atoms with Crippen molar-refractivity contribution in [2.45, 2.75) is 77.4 Å². The summed E-state index contributed by atoms with van der Waals surface area (Å²) in [6.45, 7) is 7.40. The first-order valence-corrected chi connectivity index (χ1v) is 14.3. The summed E-state index contributed by atoms with van der Waals surface area (Å²) in [6, 6.07) is 1.51. The summed E-state index contributed by atoms with van der Waals surface area (Å²) in [6.07, 6.45) is 0.472. The van der Waals surface area contributed by atoms with Crippen molar-refractivity contribution in [1.29, 1.82) is 0 Å². The SMILES string of the molecule is CCC(C)[C@H](NC(=O)O)C(=O)N[C@]1(C(=O)N[C@H](c2n[nH]c(=O)o2)C(C)CC)CCc2[nH]c3c(Cl)cc(Cl)cc3c2C1. The summed E-state index contributed by atoms with van der Waals surface area (Å²) < 4.78 is 5.19. The predicted octanol–water partition coefficient (Wildman–Crippen LogP) is 4.08. The molecule has 12 nitrogen and oxygen atoms in total. The molecule has 5 atom stereocenters. The highest BCUT2D eigenvalue weighted by Crippen LogP contribution is 2.39. The number of fused-ring (bicyclic) bond motifs is 3.